The first-order valence-electron chi connectivity index (χ1n) is 12.7. The van der Waals surface area contributed by atoms with Crippen molar-refractivity contribution in [3.8, 4) is 0 Å². The van der Waals surface area contributed by atoms with E-state index in [0.29, 0.717) is 31.1 Å². The summed E-state index contributed by atoms with van der Waals surface area (Å²) in [6.45, 7) is 2.04. The average Bonchev–Trinajstić information content (AvgIpc) is 3.56. The Hall–Kier alpha value is -3.00. The highest BCUT2D eigenvalue weighted by Gasteiger charge is 2.43. The zero-order valence-corrected chi connectivity index (χ0v) is 20.4. The predicted molar refractivity (Wildman–Crippen MR) is 131 cm³/mol. The number of likely N-dealkylation sites (tertiary alicyclic amines) is 1. The van der Waals surface area contributed by atoms with Crippen LogP contribution in [0.4, 0.5) is 0 Å². The van der Waals surface area contributed by atoms with Crippen molar-refractivity contribution in [1.82, 2.24) is 15.2 Å². The van der Waals surface area contributed by atoms with Crippen molar-refractivity contribution in [3.05, 3.63) is 54.2 Å². The Morgan fingerprint density at radius 3 is 2.54 bits per heavy atom. The Kier molecular flexibility index (Phi) is 8.33. The lowest BCUT2D eigenvalue weighted by Crippen LogP contribution is -2.51. The van der Waals surface area contributed by atoms with Gasteiger partial charge in [-0.2, -0.15) is 0 Å². The number of aromatic nitrogens is 1. The van der Waals surface area contributed by atoms with E-state index in [0.717, 1.165) is 18.4 Å². The van der Waals surface area contributed by atoms with Gasteiger partial charge in [0.15, 0.2) is 5.78 Å². The van der Waals surface area contributed by atoms with Gasteiger partial charge in [-0.3, -0.25) is 19.4 Å². The van der Waals surface area contributed by atoms with Crippen LogP contribution >= 0.6 is 0 Å². The van der Waals surface area contributed by atoms with Gasteiger partial charge in [0.25, 0.3) is 0 Å². The molecule has 0 aromatic carbocycles. The maximum absolute atomic E-state index is 13.5. The third kappa shape index (κ3) is 6.36. The van der Waals surface area contributed by atoms with Gasteiger partial charge in [-0.05, 0) is 61.4 Å². The molecule has 1 aliphatic carbocycles. The molecule has 188 valence electrons. The lowest BCUT2D eigenvalue weighted by Gasteiger charge is -2.28. The van der Waals surface area contributed by atoms with Crippen LogP contribution in [0.15, 0.2) is 47.3 Å². The van der Waals surface area contributed by atoms with Crippen LogP contribution in [0.2, 0.25) is 0 Å². The van der Waals surface area contributed by atoms with E-state index in [1.54, 1.807) is 29.4 Å². The first-order valence-corrected chi connectivity index (χ1v) is 12.7. The maximum atomic E-state index is 13.5. The molecule has 2 amide bonds. The summed E-state index contributed by atoms with van der Waals surface area (Å²) in [7, 11) is 0. The molecule has 4 rings (SSSR count). The molecule has 2 fully saturated rings. The zero-order valence-electron chi connectivity index (χ0n) is 20.4. The van der Waals surface area contributed by atoms with Gasteiger partial charge in [0.1, 0.15) is 11.8 Å². The summed E-state index contributed by atoms with van der Waals surface area (Å²) >= 11 is 0. The zero-order chi connectivity index (χ0) is 24.8. The molecule has 0 unspecified atom stereocenters. The van der Waals surface area contributed by atoms with Gasteiger partial charge >= 0.3 is 0 Å². The van der Waals surface area contributed by atoms with Crippen molar-refractivity contribution in [2.24, 2.45) is 17.6 Å². The highest BCUT2D eigenvalue weighted by Crippen LogP contribution is 2.38. The van der Waals surface area contributed by atoms with Crippen LogP contribution < -0.4 is 11.1 Å². The lowest BCUT2D eigenvalue weighted by atomic mass is 9.79. The van der Waals surface area contributed by atoms with Crippen LogP contribution in [0.3, 0.4) is 0 Å². The summed E-state index contributed by atoms with van der Waals surface area (Å²) in [5, 5.41) is 2.94. The van der Waals surface area contributed by atoms with Gasteiger partial charge < -0.3 is 20.4 Å². The molecule has 35 heavy (non-hydrogen) atoms. The predicted octanol–water partition coefficient (Wildman–Crippen LogP) is 3.18. The summed E-state index contributed by atoms with van der Waals surface area (Å²) in [5.41, 5.74) is 7.14. The smallest absolute Gasteiger partial charge is 0.243 e. The molecule has 2 aromatic heterocycles. The number of nitrogens with two attached hydrogens (primary N) is 1. The number of ketones is 1. The Labute approximate surface area is 206 Å². The lowest BCUT2D eigenvalue weighted by molar-refractivity contribution is -0.139. The van der Waals surface area contributed by atoms with Crippen LogP contribution in [0.25, 0.3) is 0 Å². The van der Waals surface area contributed by atoms with Crippen molar-refractivity contribution >= 4 is 17.6 Å². The molecular formula is C27H36N4O4. The Bertz CT molecular complexity index is 988. The van der Waals surface area contributed by atoms with Crippen LogP contribution in [0.5, 0.6) is 0 Å². The van der Waals surface area contributed by atoms with Crippen LogP contribution in [-0.4, -0.2) is 46.1 Å². The minimum atomic E-state index is -0.652. The van der Waals surface area contributed by atoms with Crippen LogP contribution in [0.1, 0.15) is 69.2 Å². The van der Waals surface area contributed by atoms with Crippen molar-refractivity contribution in [2.45, 2.75) is 76.4 Å². The van der Waals surface area contributed by atoms with Gasteiger partial charge in [0.05, 0.1) is 18.3 Å². The normalized spacial score (nSPS) is 22.5. The van der Waals surface area contributed by atoms with Gasteiger partial charge in [-0.15, -0.1) is 0 Å². The molecule has 3 heterocycles. The molecule has 2 aromatic rings. The number of furan rings is 1. The van der Waals surface area contributed by atoms with E-state index < -0.39 is 18.1 Å². The Morgan fingerprint density at radius 2 is 1.89 bits per heavy atom. The van der Waals surface area contributed by atoms with Crippen molar-refractivity contribution in [3.63, 3.8) is 0 Å². The fraction of sp³-hybridized carbons (Fsp3) is 0.556. The highest BCUT2D eigenvalue weighted by molar-refractivity contribution is 5.92. The van der Waals surface area contributed by atoms with Crippen LogP contribution in [-0.2, 0) is 20.8 Å². The minimum absolute atomic E-state index is 0.0713. The quantitative estimate of drug-likeness (QED) is 0.569. The van der Waals surface area contributed by atoms with E-state index in [9.17, 15) is 14.4 Å². The summed E-state index contributed by atoms with van der Waals surface area (Å²) < 4.78 is 5.37. The van der Waals surface area contributed by atoms with E-state index in [-0.39, 0.29) is 29.9 Å². The van der Waals surface area contributed by atoms with Crippen molar-refractivity contribution < 1.29 is 18.8 Å². The molecule has 0 bridgehead atoms. The van der Waals surface area contributed by atoms with Gasteiger partial charge in [-0.25, -0.2) is 0 Å². The summed E-state index contributed by atoms with van der Waals surface area (Å²) in [5.74, 6) is 0.825. The first-order chi connectivity index (χ1) is 16.9. The molecule has 0 radical (unpaired) electrons. The summed E-state index contributed by atoms with van der Waals surface area (Å²) in [6.07, 6.45) is 11.9. The van der Waals surface area contributed by atoms with Crippen molar-refractivity contribution in [2.75, 3.05) is 6.54 Å². The SMILES string of the molecule is CC(=O)[C@H](Cc1ccncc1)NC(=O)[C@@H]1C[C@@H](C2CCCCC2)CN1C(=O)C[C@H](N)c1ccco1. The molecule has 3 N–H and O–H groups in total. The maximum Gasteiger partial charge on any atom is 0.243 e. The molecule has 2 aliphatic rings. The monoisotopic (exact) mass is 480 g/mol. The molecule has 8 heteroatoms. The first kappa shape index (κ1) is 25.1. The largest absolute Gasteiger partial charge is 0.468 e. The highest BCUT2D eigenvalue weighted by atomic mass is 16.3. The third-order valence-corrected chi connectivity index (χ3v) is 7.57. The van der Waals surface area contributed by atoms with E-state index in [2.05, 4.69) is 10.3 Å². The molecule has 0 spiro atoms. The average molecular weight is 481 g/mol. The van der Waals surface area contributed by atoms with Gasteiger partial charge in [0, 0.05) is 25.4 Å². The number of carbonyl (C=O) groups excluding carboxylic acids is 3. The fourth-order valence-corrected chi connectivity index (χ4v) is 5.57. The summed E-state index contributed by atoms with van der Waals surface area (Å²) in [4.78, 5) is 44.9. The van der Waals surface area contributed by atoms with Crippen molar-refractivity contribution in [1.29, 1.82) is 0 Å². The molecule has 8 nitrogen and oxygen atoms in total. The van der Waals surface area contributed by atoms with Gasteiger partial charge in [0.2, 0.25) is 11.8 Å². The second kappa shape index (κ2) is 11.6. The third-order valence-electron chi connectivity index (χ3n) is 7.57. The molecule has 1 saturated heterocycles. The number of hydrogen-bond acceptors (Lipinski definition) is 6. The molecule has 1 saturated carbocycles. The Balaban J connectivity index is 1.48. The van der Waals surface area contributed by atoms with E-state index >= 15 is 0 Å². The minimum Gasteiger partial charge on any atom is -0.468 e. The Morgan fingerprint density at radius 1 is 1.14 bits per heavy atom. The number of carbonyl (C=O) groups is 3. The number of hydrogen-bond donors (Lipinski definition) is 2. The van der Waals surface area contributed by atoms with E-state index in [1.165, 1.54) is 32.4 Å². The number of rotatable bonds is 9. The number of Topliss-reactive ketones (excluding diaryl/α,β-unsaturated/α-hetero) is 1. The van der Waals surface area contributed by atoms with Gasteiger partial charge in [-0.1, -0.05) is 32.1 Å². The summed E-state index contributed by atoms with van der Waals surface area (Å²) in [6, 6.07) is 5.36. The standard InChI is InChI=1S/C27H36N4O4/c1-18(32)23(14-19-9-11-29-12-10-19)30-27(34)24-15-21(20-6-3-2-4-7-20)17-31(24)26(33)16-22(28)25-8-5-13-35-25/h5,8-13,20-24H,2-4,6-7,14-17,28H2,1H3,(H,30,34)/t21-,22+,23+,24+/m1/s1. The molecule has 4 atom stereocenters. The fourth-order valence-electron chi connectivity index (χ4n) is 5.57. The van der Waals surface area contributed by atoms with E-state index in [4.69, 9.17) is 10.2 Å². The number of nitrogens with zero attached hydrogens (tertiary/aromatic N) is 2. The number of amides is 2. The second-order valence-electron chi connectivity index (χ2n) is 10.0. The van der Waals surface area contributed by atoms with Crippen LogP contribution in [0, 0.1) is 11.8 Å². The van der Waals surface area contributed by atoms with E-state index in [1.807, 2.05) is 12.1 Å². The number of nitrogens with one attached hydrogen (secondary N) is 1. The molecular weight excluding hydrogens is 444 g/mol. The molecule has 1 aliphatic heterocycles. The number of pyridine rings is 1. The second-order valence-corrected chi connectivity index (χ2v) is 10.0. The topological polar surface area (TPSA) is 119 Å².